The molecule has 1 atom stereocenters. The van der Waals surface area contributed by atoms with Gasteiger partial charge in [-0.25, -0.2) is 4.98 Å². The first-order valence-corrected chi connectivity index (χ1v) is 14.0. The summed E-state index contributed by atoms with van der Waals surface area (Å²) in [7, 11) is 0. The van der Waals surface area contributed by atoms with Crippen LogP contribution < -0.4 is 10.6 Å². The molecular formula is C29H37N5O2S. The number of nitrogens with one attached hydrogen (secondary N) is 2. The molecule has 0 unspecified atom stereocenters. The van der Waals surface area contributed by atoms with E-state index in [0.717, 1.165) is 49.9 Å². The van der Waals surface area contributed by atoms with E-state index in [9.17, 15) is 9.59 Å². The number of amides is 2. The molecule has 37 heavy (non-hydrogen) atoms. The van der Waals surface area contributed by atoms with Crippen molar-refractivity contribution in [3.63, 3.8) is 0 Å². The molecule has 0 bridgehead atoms. The number of aromatic nitrogens is 2. The number of imidazole rings is 1. The molecule has 2 aliphatic rings. The van der Waals surface area contributed by atoms with Crippen LogP contribution in [0.4, 0.5) is 5.95 Å². The molecule has 1 spiro atoms. The van der Waals surface area contributed by atoms with Crippen molar-refractivity contribution >= 4 is 40.1 Å². The molecule has 2 fully saturated rings. The molecule has 2 aromatic heterocycles. The fourth-order valence-corrected chi connectivity index (χ4v) is 6.19. The summed E-state index contributed by atoms with van der Waals surface area (Å²) in [4.78, 5) is 32.6. The van der Waals surface area contributed by atoms with Gasteiger partial charge in [0.25, 0.3) is 5.91 Å². The van der Waals surface area contributed by atoms with E-state index in [4.69, 9.17) is 4.98 Å². The fraction of sp³-hybridized carbons (Fsp3) is 0.483. The normalized spacial score (nSPS) is 22.3. The van der Waals surface area contributed by atoms with E-state index < -0.39 is 0 Å². The molecular weight excluding hydrogens is 482 g/mol. The van der Waals surface area contributed by atoms with E-state index in [1.165, 1.54) is 23.0 Å². The summed E-state index contributed by atoms with van der Waals surface area (Å²) in [6, 6.07) is 10.7. The standard InChI is InChI=1S/C29H37N5O2S/c1-6-25(35)33-12-11-29(18-33)15-21(16-29)34-23-10-9-20(17-30-19(2)28(3,4)5)14-22(23)31-27(34)32-26(36)24-8-7-13-37-24/h6-10,13-14,19,21,30H,1,11-12,15-18H2,2-5H3,(H,31,32,36)/t19-,21?,29?/m0/s1. The Bertz CT molecular complexity index is 1310. The summed E-state index contributed by atoms with van der Waals surface area (Å²) < 4.78 is 2.21. The molecule has 3 heterocycles. The molecule has 0 radical (unpaired) electrons. The van der Waals surface area contributed by atoms with Crippen LogP contribution in [-0.4, -0.2) is 45.4 Å². The zero-order chi connectivity index (χ0) is 26.4. The Morgan fingerprint density at radius 1 is 1.30 bits per heavy atom. The van der Waals surface area contributed by atoms with Gasteiger partial charge in [0.1, 0.15) is 0 Å². The predicted octanol–water partition coefficient (Wildman–Crippen LogP) is 5.61. The first-order chi connectivity index (χ1) is 17.6. The average molecular weight is 520 g/mol. The number of likely N-dealkylation sites (tertiary alicyclic amines) is 1. The van der Waals surface area contributed by atoms with Crippen LogP contribution >= 0.6 is 11.3 Å². The Morgan fingerprint density at radius 3 is 2.76 bits per heavy atom. The summed E-state index contributed by atoms with van der Waals surface area (Å²) in [5.74, 6) is 0.475. The highest BCUT2D eigenvalue weighted by Crippen LogP contribution is 2.55. The lowest BCUT2D eigenvalue weighted by molar-refractivity contribution is -0.125. The van der Waals surface area contributed by atoms with Crippen LogP contribution in [0, 0.1) is 10.8 Å². The van der Waals surface area contributed by atoms with Gasteiger partial charge >= 0.3 is 0 Å². The second-order valence-electron chi connectivity index (χ2n) is 11.8. The van der Waals surface area contributed by atoms with E-state index in [1.54, 1.807) is 0 Å². The molecule has 1 aliphatic heterocycles. The van der Waals surface area contributed by atoms with Gasteiger partial charge in [0.05, 0.1) is 15.9 Å². The van der Waals surface area contributed by atoms with Gasteiger partial charge < -0.3 is 14.8 Å². The van der Waals surface area contributed by atoms with E-state index in [-0.39, 0.29) is 28.7 Å². The van der Waals surface area contributed by atoms with E-state index in [0.29, 0.717) is 16.9 Å². The molecule has 1 aromatic carbocycles. The number of rotatable bonds is 7. The zero-order valence-corrected chi connectivity index (χ0v) is 23.0. The monoisotopic (exact) mass is 519 g/mol. The van der Waals surface area contributed by atoms with Crippen molar-refractivity contribution in [1.29, 1.82) is 0 Å². The number of hydrogen-bond acceptors (Lipinski definition) is 5. The third-order valence-electron chi connectivity index (χ3n) is 8.26. The SMILES string of the molecule is C=CC(=O)N1CCC2(CC(n3c(NC(=O)c4cccs4)nc4cc(CN[C@@H](C)C(C)(C)C)ccc43)C2)C1. The van der Waals surface area contributed by atoms with Gasteiger partial charge in [0.2, 0.25) is 11.9 Å². The summed E-state index contributed by atoms with van der Waals surface area (Å²) in [6.07, 6.45) is 4.35. The minimum Gasteiger partial charge on any atom is -0.339 e. The van der Waals surface area contributed by atoms with Gasteiger partial charge in [-0.3, -0.25) is 14.9 Å². The highest BCUT2D eigenvalue weighted by Gasteiger charge is 2.50. The summed E-state index contributed by atoms with van der Waals surface area (Å²) >= 11 is 1.42. The largest absolute Gasteiger partial charge is 0.339 e. The molecule has 1 aliphatic carbocycles. The Morgan fingerprint density at radius 2 is 2.08 bits per heavy atom. The van der Waals surface area contributed by atoms with Crippen LogP contribution in [0.15, 0.2) is 48.4 Å². The molecule has 7 nitrogen and oxygen atoms in total. The summed E-state index contributed by atoms with van der Waals surface area (Å²) in [5, 5.41) is 8.62. The lowest BCUT2D eigenvalue weighted by Crippen LogP contribution is -2.42. The van der Waals surface area contributed by atoms with Crippen molar-refractivity contribution in [2.24, 2.45) is 10.8 Å². The van der Waals surface area contributed by atoms with Crippen LogP contribution in [0.25, 0.3) is 11.0 Å². The Labute approximate surface area is 222 Å². The first kappa shape index (κ1) is 25.7. The second kappa shape index (κ2) is 9.72. The minimum absolute atomic E-state index is 0.0132. The summed E-state index contributed by atoms with van der Waals surface area (Å²) in [5.41, 5.74) is 3.41. The van der Waals surface area contributed by atoms with Crippen LogP contribution in [0.2, 0.25) is 0 Å². The Hall–Kier alpha value is -2.97. The molecule has 196 valence electrons. The lowest BCUT2D eigenvalue weighted by atomic mass is 9.64. The maximum atomic E-state index is 13.0. The van der Waals surface area contributed by atoms with Gasteiger partial charge in [-0.2, -0.15) is 0 Å². The molecule has 8 heteroatoms. The molecule has 2 amide bonds. The number of fused-ring (bicyclic) bond motifs is 1. The number of hydrogen-bond donors (Lipinski definition) is 2. The Balaban J connectivity index is 1.40. The van der Waals surface area contributed by atoms with Gasteiger partial charge in [0.15, 0.2) is 0 Å². The van der Waals surface area contributed by atoms with Crippen molar-refractivity contribution in [3.05, 3.63) is 58.8 Å². The molecule has 2 N–H and O–H groups in total. The fourth-order valence-electron chi connectivity index (χ4n) is 5.57. The van der Waals surface area contributed by atoms with Crippen molar-refractivity contribution < 1.29 is 9.59 Å². The molecule has 3 aromatic rings. The van der Waals surface area contributed by atoms with Crippen LogP contribution in [0.3, 0.4) is 0 Å². The van der Waals surface area contributed by atoms with E-state index in [2.05, 4.69) is 67.7 Å². The van der Waals surface area contributed by atoms with Crippen molar-refractivity contribution in [3.8, 4) is 0 Å². The maximum Gasteiger partial charge on any atom is 0.268 e. The molecule has 1 saturated heterocycles. The number of nitrogens with zero attached hydrogens (tertiary/aromatic N) is 3. The number of benzene rings is 1. The average Bonchev–Trinajstić information content (AvgIpc) is 3.58. The first-order valence-electron chi connectivity index (χ1n) is 13.1. The lowest BCUT2D eigenvalue weighted by Gasteiger charge is -2.46. The predicted molar refractivity (Wildman–Crippen MR) is 150 cm³/mol. The minimum atomic E-state index is -0.134. The quantitative estimate of drug-likeness (QED) is 0.398. The number of carbonyl (C=O) groups excluding carboxylic acids is 2. The number of carbonyl (C=O) groups is 2. The molecule has 1 saturated carbocycles. The van der Waals surface area contributed by atoms with Crippen molar-refractivity contribution in [2.75, 3.05) is 18.4 Å². The van der Waals surface area contributed by atoms with Crippen LogP contribution in [0.1, 0.15) is 68.2 Å². The highest BCUT2D eigenvalue weighted by atomic mass is 32.1. The maximum absolute atomic E-state index is 13.0. The second-order valence-corrected chi connectivity index (χ2v) is 12.8. The topological polar surface area (TPSA) is 79.3 Å². The van der Waals surface area contributed by atoms with Gasteiger partial charge in [-0.15, -0.1) is 11.3 Å². The van der Waals surface area contributed by atoms with Gasteiger partial charge in [-0.05, 0) is 72.2 Å². The third-order valence-corrected chi connectivity index (χ3v) is 9.13. The third kappa shape index (κ3) is 5.09. The Kier molecular flexibility index (Phi) is 6.75. The van der Waals surface area contributed by atoms with Crippen LogP contribution in [-0.2, 0) is 11.3 Å². The van der Waals surface area contributed by atoms with E-state index >= 15 is 0 Å². The highest BCUT2D eigenvalue weighted by molar-refractivity contribution is 7.12. The zero-order valence-electron chi connectivity index (χ0n) is 22.2. The summed E-state index contributed by atoms with van der Waals surface area (Å²) in [6.45, 7) is 14.9. The molecule has 5 rings (SSSR count). The smallest absolute Gasteiger partial charge is 0.268 e. The van der Waals surface area contributed by atoms with E-state index in [1.807, 2.05) is 22.4 Å². The van der Waals surface area contributed by atoms with Gasteiger partial charge in [-0.1, -0.05) is 39.5 Å². The van der Waals surface area contributed by atoms with Gasteiger partial charge in [0, 0.05) is 31.7 Å². The van der Waals surface area contributed by atoms with Crippen LogP contribution in [0.5, 0.6) is 0 Å². The number of thiophene rings is 1. The van der Waals surface area contributed by atoms with Crippen molar-refractivity contribution in [2.45, 2.75) is 65.6 Å². The van der Waals surface area contributed by atoms with Crippen molar-refractivity contribution in [1.82, 2.24) is 19.8 Å². The number of anilines is 1.